The molecule has 0 bridgehead atoms. The summed E-state index contributed by atoms with van der Waals surface area (Å²) in [7, 11) is -2.80. The molecule has 0 amide bonds. The van der Waals surface area contributed by atoms with E-state index in [0.717, 1.165) is 13.0 Å². The molecule has 0 aliphatic heterocycles. The van der Waals surface area contributed by atoms with Crippen LogP contribution in [0.1, 0.15) is 32.6 Å². The molecule has 0 aromatic carbocycles. The smallest absolute Gasteiger partial charge is 0.151 e. The van der Waals surface area contributed by atoms with E-state index in [0.29, 0.717) is 6.54 Å². The Bertz CT molecular complexity index is 307. The molecule has 0 fully saturated rings. The molecule has 0 heterocycles. The zero-order chi connectivity index (χ0) is 11.1. The van der Waals surface area contributed by atoms with Crippen molar-refractivity contribution in [1.82, 2.24) is 5.32 Å². The van der Waals surface area contributed by atoms with E-state index >= 15 is 0 Å². The van der Waals surface area contributed by atoms with Crippen LogP contribution in [0.15, 0.2) is 11.6 Å². The monoisotopic (exact) mass is 231 g/mol. The van der Waals surface area contributed by atoms with Gasteiger partial charge in [-0.3, -0.25) is 0 Å². The largest absolute Gasteiger partial charge is 0.315 e. The fraction of sp³-hybridized carbons (Fsp3) is 0.818. The summed E-state index contributed by atoms with van der Waals surface area (Å²) < 4.78 is 22.3. The molecule has 4 heteroatoms. The van der Waals surface area contributed by atoms with Gasteiger partial charge in [0.15, 0.2) is 9.84 Å². The summed E-state index contributed by atoms with van der Waals surface area (Å²) in [5, 5.41) is 3.18. The highest BCUT2D eigenvalue weighted by atomic mass is 32.2. The van der Waals surface area contributed by atoms with Gasteiger partial charge in [-0.25, -0.2) is 8.42 Å². The minimum Gasteiger partial charge on any atom is -0.315 e. The Labute approximate surface area is 92.9 Å². The molecule has 0 unspecified atom stereocenters. The van der Waals surface area contributed by atoms with Crippen LogP contribution in [0, 0.1) is 0 Å². The molecule has 0 spiro atoms. The first kappa shape index (κ1) is 12.7. The SMILES string of the molecule is CCS(=O)(=O)CCNCCC1=CCCC1. The van der Waals surface area contributed by atoms with Gasteiger partial charge < -0.3 is 5.32 Å². The van der Waals surface area contributed by atoms with Crippen LogP contribution < -0.4 is 5.32 Å². The van der Waals surface area contributed by atoms with Crippen LogP contribution in [0.3, 0.4) is 0 Å². The van der Waals surface area contributed by atoms with E-state index < -0.39 is 9.84 Å². The first-order chi connectivity index (χ1) is 7.14. The van der Waals surface area contributed by atoms with Crippen molar-refractivity contribution in [2.24, 2.45) is 0 Å². The summed E-state index contributed by atoms with van der Waals surface area (Å²) in [6.45, 7) is 3.19. The molecule has 0 atom stereocenters. The van der Waals surface area contributed by atoms with E-state index in [1.807, 2.05) is 0 Å². The molecule has 0 aromatic rings. The number of hydrogen-bond acceptors (Lipinski definition) is 3. The molecular formula is C11H21NO2S. The van der Waals surface area contributed by atoms with Crippen molar-refractivity contribution < 1.29 is 8.42 Å². The highest BCUT2D eigenvalue weighted by Gasteiger charge is 2.06. The van der Waals surface area contributed by atoms with Crippen molar-refractivity contribution in [2.45, 2.75) is 32.6 Å². The lowest BCUT2D eigenvalue weighted by Crippen LogP contribution is -2.24. The summed E-state index contributed by atoms with van der Waals surface area (Å²) in [4.78, 5) is 0. The summed E-state index contributed by atoms with van der Waals surface area (Å²) in [5.41, 5.74) is 1.53. The molecule has 0 radical (unpaired) electrons. The number of hydrogen-bond donors (Lipinski definition) is 1. The average Bonchev–Trinajstić information content (AvgIpc) is 2.70. The Kier molecular flexibility index (Phi) is 5.32. The molecule has 15 heavy (non-hydrogen) atoms. The molecule has 3 nitrogen and oxygen atoms in total. The van der Waals surface area contributed by atoms with Crippen LogP contribution in [-0.4, -0.2) is 33.0 Å². The Morgan fingerprint density at radius 1 is 1.40 bits per heavy atom. The van der Waals surface area contributed by atoms with Gasteiger partial charge in [0, 0.05) is 12.3 Å². The highest BCUT2D eigenvalue weighted by Crippen LogP contribution is 2.19. The standard InChI is InChI=1S/C11H21NO2S/c1-2-15(13,14)10-9-12-8-7-11-5-3-4-6-11/h5,12H,2-4,6-10H2,1H3. The molecular weight excluding hydrogens is 210 g/mol. The zero-order valence-corrected chi connectivity index (χ0v) is 10.3. The third-order valence-electron chi connectivity index (χ3n) is 2.79. The fourth-order valence-electron chi connectivity index (χ4n) is 1.71. The lowest BCUT2D eigenvalue weighted by molar-refractivity contribution is 0.591. The van der Waals surface area contributed by atoms with Crippen LogP contribution >= 0.6 is 0 Å². The van der Waals surface area contributed by atoms with Gasteiger partial charge in [0.1, 0.15) is 0 Å². The topological polar surface area (TPSA) is 46.2 Å². The third-order valence-corrected chi connectivity index (χ3v) is 4.49. The van der Waals surface area contributed by atoms with E-state index in [4.69, 9.17) is 0 Å². The van der Waals surface area contributed by atoms with Gasteiger partial charge in [-0.15, -0.1) is 0 Å². The third kappa shape index (κ3) is 5.33. The second kappa shape index (κ2) is 6.28. The Balaban J connectivity index is 2.02. The lowest BCUT2D eigenvalue weighted by Gasteiger charge is -2.05. The maximum absolute atomic E-state index is 11.2. The van der Waals surface area contributed by atoms with E-state index in [9.17, 15) is 8.42 Å². The van der Waals surface area contributed by atoms with Gasteiger partial charge >= 0.3 is 0 Å². The molecule has 0 saturated carbocycles. The maximum atomic E-state index is 11.2. The second-order valence-electron chi connectivity index (χ2n) is 3.99. The van der Waals surface area contributed by atoms with Crippen LogP contribution in [-0.2, 0) is 9.84 Å². The highest BCUT2D eigenvalue weighted by molar-refractivity contribution is 7.91. The van der Waals surface area contributed by atoms with Crippen molar-refractivity contribution in [1.29, 1.82) is 0 Å². The summed E-state index contributed by atoms with van der Waals surface area (Å²) in [6.07, 6.45) is 7.13. The molecule has 1 aliphatic rings. The molecule has 0 saturated heterocycles. The average molecular weight is 231 g/mol. The van der Waals surface area contributed by atoms with Crippen LogP contribution in [0.25, 0.3) is 0 Å². The van der Waals surface area contributed by atoms with Crippen LogP contribution in [0.4, 0.5) is 0 Å². The van der Waals surface area contributed by atoms with E-state index in [1.165, 1.54) is 24.8 Å². The van der Waals surface area contributed by atoms with Gasteiger partial charge in [-0.1, -0.05) is 18.6 Å². The van der Waals surface area contributed by atoms with Crippen molar-refractivity contribution in [3.05, 3.63) is 11.6 Å². The van der Waals surface area contributed by atoms with E-state index in [-0.39, 0.29) is 11.5 Å². The number of sulfone groups is 1. The minimum absolute atomic E-state index is 0.250. The minimum atomic E-state index is -2.80. The predicted molar refractivity (Wildman–Crippen MR) is 63.7 cm³/mol. The summed E-state index contributed by atoms with van der Waals surface area (Å²) in [5.74, 6) is 0.516. The number of allylic oxidation sites excluding steroid dienone is 1. The van der Waals surface area contributed by atoms with Gasteiger partial charge in [0.05, 0.1) is 5.75 Å². The van der Waals surface area contributed by atoms with E-state index in [1.54, 1.807) is 6.92 Å². The van der Waals surface area contributed by atoms with Crippen molar-refractivity contribution >= 4 is 9.84 Å². The zero-order valence-electron chi connectivity index (χ0n) is 9.46. The van der Waals surface area contributed by atoms with Crippen molar-refractivity contribution in [3.8, 4) is 0 Å². The molecule has 1 N–H and O–H groups in total. The number of nitrogens with one attached hydrogen (secondary N) is 1. The first-order valence-corrected chi connectivity index (χ1v) is 7.55. The fourth-order valence-corrected chi connectivity index (χ4v) is 2.45. The summed E-state index contributed by atoms with van der Waals surface area (Å²) in [6, 6.07) is 0. The summed E-state index contributed by atoms with van der Waals surface area (Å²) >= 11 is 0. The van der Waals surface area contributed by atoms with Gasteiger partial charge in [0.2, 0.25) is 0 Å². The van der Waals surface area contributed by atoms with Crippen LogP contribution in [0.5, 0.6) is 0 Å². The lowest BCUT2D eigenvalue weighted by atomic mass is 10.2. The van der Waals surface area contributed by atoms with E-state index in [2.05, 4.69) is 11.4 Å². The Morgan fingerprint density at radius 2 is 2.20 bits per heavy atom. The van der Waals surface area contributed by atoms with Crippen molar-refractivity contribution in [2.75, 3.05) is 24.6 Å². The molecule has 1 aliphatic carbocycles. The van der Waals surface area contributed by atoms with Gasteiger partial charge in [0.25, 0.3) is 0 Å². The van der Waals surface area contributed by atoms with Gasteiger partial charge in [-0.2, -0.15) is 0 Å². The van der Waals surface area contributed by atoms with Crippen molar-refractivity contribution in [3.63, 3.8) is 0 Å². The second-order valence-corrected chi connectivity index (χ2v) is 6.46. The number of rotatable bonds is 7. The quantitative estimate of drug-likeness (QED) is 0.533. The van der Waals surface area contributed by atoms with Gasteiger partial charge in [-0.05, 0) is 32.2 Å². The predicted octanol–water partition coefficient (Wildman–Crippen LogP) is 1.51. The molecule has 1 rings (SSSR count). The normalized spacial score (nSPS) is 16.7. The Hall–Kier alpha value is -0.350. The molecule has 0 aromatic heterocycles. The van der Waals surface area contributed by atoms with Crippen LogP contribution in [0.2, 0.25) is 0 Å². The Morgan fingerprint density at radius 3 is 2.80 bits per heavy atom. The maximum Gasteiger partial charge on any atom is 0.151 e. The first-order valence-electron chi connectivity index (χ1n) is 5.73. The molecule has 88 valence electrons.